The molecule has 1 heteroatoms. The predicted octanol–water partition coefficient (Wildman–Crippen LogP) is 4.16. The largest absolute Gasteiger partial charge is 0.294 e. The molecule has 0 amide bonds. The Kier molecular flexibility index (Phi) is 7.78. The molecule has 0 bridgehead atoms. The van der Waals surface area contributed by atoms with Crippen LogP contribution in [0.2, 0.25) is 0 Å². The fraction of sp³-hybridized carbons (Fsp3) is 0.267. The highest BCUT2D eigenvalue weighted by atomic mass is 16.1. The number of ketones is 1. The molecular weight excluding hydrogens is 196 g/mol. The maximum absolute atomic E-state index is 11.8. The average Bonchev–Trinajstić information content (AvgIpc) is 2.26. The van der Waals surface area contributed by atoms with Gasteiger partial charge in [-0.05, 0) is 18.9 Å². The Hall–Kier alpha value is -1.63. The quantitative estimate of drug-likeness (QED) is 0.461. The van der Waals surface area contributed by atoms with E-state index in [2.05, 4.69) is 20.1 Å². The molecule has 0 aromatic carbocycles. The number of carbonyl (C=O) groups is 1. The van der Waals surface area contributed by atoms with E-state index in [0.29, 0.717) is 12.0 Å². The second-order valence-electron chi connectivity index (χ2n) is 3.43. The molecule has 0 atom stereocenters. The molecular formula is C15H20O. The minimum absolute atomic E-state index is 0.0729. The van der Waals surface area contributed by atoms with Crippen molar-refractivity contribution in [2.24, 2.45) is 0 Å². The van der Waals surface area contributed by atoms with Crippen molar-refractivity contribution < 1.29 is 4.79 Å². The Morgan fingerprint density at radius 2 is 2.00 bits per heavy atom. The Bertz CT molecular complexity index is 340. The predicted molar refractivity (Wildman–Crippen MR) is 71.3 cm³/mol. The molecule has 16 heavy (non-hydrogen) atoms. The molecule has 0 aliphatic heterocycles. The standard InChI is InChI=1S/C15H20O/c1-5-8-11-13(4)12-15(16)14(9-6-2)10-7-3/h6-11H,2,4-5,12H2,1,3H3/b10-7-,11-8-,14-9+. The number of hydrogen-bond acceptors (Lipinski definition) is 1. The molecule has 0 fully saturated rings. The van der Waals surface area contributed by atoms with Gasteiger partial charge in [-0.25, -0.2) is 0 Å². The molecule has 0 unspecified atom stereocenters. The van der Waals surface area contributed by atoms with Gasteiger partial charge < -0.3 is 0 Å². The number of carbonyl (C=O) groups excluding carboxylic acids is 1. The highest BCUT2D eigenvalue weighted by molar-refractivity contribution is 5.99. The smallest absolute Gasteiger partial charge is 0.167 e. The molecule has 0 aromatic rings. The topological polar surface area (TPSA) is 17.1 Å². The van der Waals surface area contributed by atoms with Gasteiger partial charge >= 0.3 is 0 Å². The Morgan fingerprint density at radius 3 is 2.50 bits per heavy atom. The van der Waals surface area contributed by atoms with Gasteiger partial charge in [0.25, 0.3) is 0 Å². The number of Topliss-reactive ketones (excluding diaryl/α,β-unsaturated/α-hetero) is 1. The summed E-state index contributed by atoms with van der Waals surface area (Å²) in [6, 6.07) is 0. The van der Waals surface area contributed by atoms with Crippen LogP contribution < -0.4 is 0 Å². The average molecular weight is 216 g/mol. The first-order chi connectivity index (χ1) is 7.65. The van der Waals surface area contributed by atoms with Crippen LogP contribution in [0.4, 0.5) is 0 Å². The van der Waals surface area contributed by atoms with Crippen LogP contribution in [0.25, 0.3) is 0 Å². The summed E-state index contributed by atoms with van der Waals surface area (Å²) in [5.41, 5.74) is 1.51. The van der Waals surface area contributed by atoms with Crippen LogP contribution in [0.1, 0.15) is 26.7 Å². The van der Waals surface area contributed by atoms with Crippen LogP contribution in [0, 0.1) is 0 Å². The summed E-state index contributed by atoms with van der Waals surface area (Å²) in [6.45, 7) is 11.4. The van der Waals surface area contributed by atoms with Gasteiger partial charge in [0.15, 0.2) is 5.78 Å². The zero-order chi connectivity index (χ0) is 12.4. The molecule has 1 nitrogen and oxygen atoms in total. The van der Waals surface area contributed by atoms with E-state index < -0.39 is 0 Å². The van der Waals surface area contributed by atoms with Crippen molar-refractivity contribution in [3.63, 3.8) is 0 Å². The van der Waals surface area contributed by atoms with Crippen molar-refractivity contribution in [2.45, 2.75) is 26.7 Å². The Balaban J connectivity index is 4.54. The Morgan fingerprint density at radius 1 is 1.31 bits per heavy atom. The number of rotatable bonds is 7. The third kappa shape index (κ3) is 5.97. The molecule has 0 N–H and O–H groups in total. The van der Waals surface area contributed by atoms with E-state index in [0.717, 1.165) is 12.0 Å². The molecule has 0 heterocycles. The van der Waals surface area contributed by atoms with Gasteiger partial charge in [-0.2, -0.15) is 0 Å². The SMILES string of the molecule is C=C/C=C(\C=C/C)C(=O)CC(=C)/C=C\CC. The molecule has 0 aliphatic carbocycles. The van der Waals surface area contributed by atoms with E-state index in [1.54, 1.807) is 18.2 Å². The molecule has 0 rings (SSSR count). The normalized spacial score (nSPS) is 12.2. The minimum atomic E-state index is 0.0729. The summed E-state index contributed by atoms with van der Waals surface area (Å²) in [4.78, 5) is 11.8. The summed E-state index contributed by atoms with van der Waals surface area (Å²) in [6.07, 6.45) is 12.2. The van der Waals surface area contributed by atoms with Gasteiger partial charge in [-0.3, -0.25) is 4.79 Å². The van der Waals surface area contributed by atoms with E-state index in [1.165, 1.54) is 0 Å². The monoisotopic (exact) mass is 216 g/mol. The highest BCUT2D eigenvalue weighted by Gasteiger charge is 2.05. The maximum Gasteiger partial charge on any atom is 0.167 e. The highest BCUT2D eigenvalue weighted by Crippen LogP contribution is 2.09. The van der Waals surface area contributed by atoms with Crippen molar-refractivity contribution >= 4 is 5.78 Å². The van der Waals surface area contributed by atoms with E-state index in [-0.39, 0.29) is 5.78 Å². The summed E-state index contributed by atoms with van der Waals surface area (Å²) in [7, 11) is 0. The summed E-state index contributed by atoms with van der Waals surface area (Å²) >= 11 is 0. The fourth-order valence-electron chi connectivity index (χ4n) is 1.20. The van der Waals surface area contributed by atoms with Crippen molar-refractivity contribution in [2.75, 3.05) is 0 Å². The second kappa shape index (κ2) is 8.66. The van der Waals surface area contributed by atoms with Gasteiger partial charge in [-0.15, -0.1) is 0 Å². The van der Waals surface area contributed by atoms with E-state index in [4.69, 9.17) is 0 Å². The molecule has 0 aliphatic rings. The van der Waals surface area contributed by atoms with Gasteiger partial charge in [-0.1, -0.05) is 56.5 Å². The van der Waals surface area contributed by atoms with Crippen LogP contribution in [0.15, 0.2) is 60.8 Å². The van der Waals surface area contributed by atoms with Crippen LogP contribution >= 0.6 is 0 Å². The third-order valence-electron chi connectivity index (χ3n) is 1.94. The number of allylic oxidation sites excluding steroid dienone is 8. The van der Waals surface area contributed by atoms with Crippen LogP contribution in [0.5, 0.6) is 0 Å². The lowest BCUT2D eigenvalue weighted by molar-refractivity contribution is -0.114. The molecule has 0 spiro atoms. The van der Waals surface area contributed by atoms with E-state index >= 15 is 0 Å². The van der Waals surface area contributed by atoms with Crippen molar-refractivity contribution in [1.29, 1.82) is 0 Å². The first-order valence-electron chi connectivity index (χ1n) is 5.48. The van der Waals surface area contributed by atoms with Crippen LogP contribution in [0.3, 0.4) is 0 Å². The fourth-order valence-corrected chi connectivity index (χ4v) is 1.20. The second-order valence-corrected chi connectivity index (χ2v) is 3.43. The lowest BCUT2D eigenvalue weighted by Crippen LogP contribution is -2.00. The zero-order valence-electron chi connectivity index (χ0n) is 10.2. The lowest BCUT2D eigenvalue weighted by Gasteiger charge is -2.01. The maximum atomic E-state index is 11.8. The third-order valence-corrected chi connectivity index (χ3v) is 1.94. The van der Waals surface area contributed by atoms with Gasteiger partial charge in [0.1, 0.15) is 0 Å². The van der Waals surface area contributed by atoms with E-state index in [1.807, 2.05) is 25.2 Å². The van der Waals surface area contributed by atoms with Crippen molar-refractivity contribution in [1.82, 2.24) is 0 Å². The molecule has 0 aromatic heterocycles. The number of hydrogen-bond donors (Lipinski definition) is 0. The first kappa shape index (κ1) is 14.4. The molecule has 0 radical (unpaired) electrons. The summed E-state index contributed by atoms with van der Waals surface area (Å²) < 4.78 is 0. The van der Waals surface area contributed by atoms with E-state index in [9.17, 15) is 4.79 Å². The van der Waals surface area contributed by atoms with Crippen LogP contribution in [-0.2, 0) is 4.79 Å². The Labute approximate surface area is 98.6 Å². The van der Waals surface area contributed by atoms with Crippen molar-refractivity contribution in [3.05, 3.63) is 60.8 Å². The van der Waals surface area contributed by atoms with Crippen molar-refractivity contribution in [3.8, 4) is 0 Å². The van der Waals surface area contributed by atoms with Gasteiger partial charge in [0, 0.05) is 12.0 Å². The molecule has 86 valence electrons. The molecule has 0 saturated carbocycles. The van der Waals surface area contributed by atoms with Gasteiger partial charge in [0.2, 0.25) is 0 Å². The lowest BCUT2D eigenvalue weighted by atomic mass is 10.0. The van der Waals surface area contributed by atoms with Gasteiger partial charge in [0.05, 0.1) is 0 Å². The first-order valence-corrected chi connectivity index (χ1v) is 5.48. The molecule has 0 saturated heterocycles. The zero-order valence-corrected chi connectivity index (χ0v) is 10.2. The van der Waals surface area contributed by atoms with Crippen LogP contribution in [-0.4, -0.2) is 5.78 Å². The minimum Gasteiger partial charge on any atom is -0.294 e. The summed E-state index contributed by atoms with van der Waals surface area (Å²) in [5, 5.41) is 0. The summed E-state index contributed by atoms with van der Waals surface area (Å²) in [5.74, 6) is 0.0729.